The first-order chi connectivity index (χ1) is 11.3. The van der Waals surface area contributed by atoms with Crippen molar-refractivity contribution < 1.29 is 18.5 Å². The molecule has 0 saturated heterocycles. The minimum Gasteiger partial charge on any atom is -0.444 e. The summed E-state index contributed by atoms with van der Waals surface area (Å²) in [5.74, 6) is -0.699. The summed E-state index contributed by atoms with van der Waals surface area (Å²) in [5, 5.41) is 9.98. The van der Waals surface area contributed by atoms with E-state index in [1.54, 1.807) is 26.2 Å². The fourth-order valence-electron chi connectivity index (χ4n) is 1.87. The zero-order valence-electron chi connectivity index (χ0n) is 14.9. The third-order valence-electron chi connectivity index (χ3n) is 2.77. The van der Waals surface area contributed by atoms with Gasteiger partial charge >= 0.3 is 6.09 Å². The normalized spacial score (nSPS) is 15.4. The lowest BCUT2D eigenvalue weighted by Crippen LogP contribution is -2.44. The predicted octanol–water partition coefficient (Wildman–Crippen LogP) is 3.57. The van der Waals surface area contributed by atoms with Crippen LogP contribution in [0.2, 0.25) is 5.02 Å². The lowest BCUT2D eigenvalue weighted by Gasteiger charge is -2.23. The first kappa shape index (κ1) is 21.9. The maximum Gasteiger partial charge on any atom is 0.408 e. The molecule has 7 nitrogen and oxygen atoms in total. The fraction of sp³-hybridized carbons (Fsp3) is 0.600. The minimum absolute atomic E-state index is 0.0817. The van der Waals surface area contributed by atoms with Crippen LogP contribution in [0.25, 0.3) is 0 Å². The van der Waals surface area contributed by atoms with Gasteiger partial charge in [0, 0.05) is 0 Å². The van der Waals surface area contributed by atoms with Crippen LogP contribution in [0.3, 0.4) is 0 Å². The van der Waals surface area contributed by atoms with Crippen molar-refractivity contribution in [3.63, 3.8) is 0 Å². The fourth-order valence-corrected chi connectivity index (χ4v) is 4.64. The Labute approximate surface area is 157 Å². The van der Waals surface area contributed by atoms with Gasteiger partial charge in [0.25, 0.3) is 5.91 Å². The van der Waals surface area contributed by atoms with Crippen LogP contribution in [0.4, 0.5) is 4.79 Å². The molecular weight excluding hydrogens is 386 g/mol. The Morgan fingerprint density at radius 2 is 2.04 bits per heavy atom. The quantitative estimate of drug-likeness (QED) is 0.774. The number of carbonyl (C=O) groups excluding carboxylic acids is 2. The predicted molar refractivity (Wildman–Crippen MR) is 100.0 cm³/mol. The van der Waals surface area contributed by atoms with Gasteiger partial charge in [0.05, 0.1) is 5.02 Å². The number of rotatable bonds is 5. The van der Waals surface area contributed by atoms with Gasteiger partial charge in [-0.1, -0.05) is 25.4 Å². The number of alkyl carbamates (subject to hydrolysis) is 1. The lowest BCUT2D eigenvalue weighted by molar-refractivity contribution is -0.120. The molecule has 25 heavy (non-hydrogen) atoms. The molecule has 1 unspecified atom stereocenters. The number of amides is 2. The van der Waals surface area contributed by atoms with Crippen molar-refractivity contribution in [2.75, 3.05) is 0 Å². The molecule has 1 heterocycles. The molecule has 3 N–H and O–H groups in total. The van der Waals surface area contributed by atoms with Gasteiger partial charge in [-0.15, -0.1) is 15.7 Å². The number of halogens is 1. The number of ether oxygens (including phenoxy) is 1. The highest BCUT2D eigenvalue weighted by Crippen LogP contribution is 2.27. The summed E-state index contributed by atoms with van der Waals surface area (Å²) in [6.07, 6.45) is -0.450. The lowest BCUT2D eigenvalue weighted by atomic mass is 10.0. The van der Waals surface area contributed by atoms with E-state index in [4.69, 9.17) is 21.5 Å². The molecule has 0 spiro atoms. The zero-order valence-corrected chi connectivity index (χ0v) is 17.3. The van der Waals surface area contributed by atoms with E-state index in [-0.39, 0.29) is 15.1 Å². The van der Waals surface area contributed by atoms with Crippen LogP contribution in [0.1, 0.15) is 41.0 Å². The molecule has 0 aliphatic heterocycles. The van der Waals surface area contributed by atoms with E-state index in [1.807, 2.05) is 13.8 Å². The number of nitrogens with one attached hydrogen (secondary N) is 1. The number of nitrogens with zero attached hydrogens (tertiary/aromatic N) is 1. The van der Waals surface area contributed by atoms with Crippen molar-refractivity contribution >= 4 is 44.9 Å². The third kappa shape index (κ3) is 7.31. The molecule has 142 valence electrons. The Morgan fingerprint density at radius 1 is 1.44 bits per heavy atom. The summed E-state index contributed by atoms with van der Waals surface area (Å²) in [6.45, 7) is 8.89. The largest absolute Gasteiger partial charge is 0.444 e. The van der Waals surface area contributed by atoms with Gasteiger partial charge < -0.3 is 10.1 Å². The van der Waals surface area contributed by atoms with Crippen LogP contribution >= 0.6 is 22.9 Å². The van der Waals surface area contributed by atoms with E-state index < -0.39 is 33.6 Å². The molecule has 0 aromatic carbocycles. The van der Waals surface area contributed by atoms with E-state index in [1.165, 1.54) is 6.07 Å². The first-order valence-electron chi connectivity index (χ1n) is 7.63. The molecule has 0 aliphatic rings. The third-order valence-corrected chi connectivity index (χ3v) is 6.22. The standard InChI is InChI=1S/C15H24ClN3O4S2/c1-9(2)8-11(18-14(21)23-15(3,4)5)12(20)19-25(17,22)13-10(16)6-7-24-13/h6-7,9,11H,8H2,1-5H3,(H,18,21)(H2,17,19,20,22)/t11-,25?/m0/s1. The van der Waals surface area contributed by atoms with E-state index in [0.717, 1.165) is 11.3 Å². The summed E-state index contributed by atoms with van der Waals surface area (Å²) < 4.78 is 21.5. The first-order valence-corrected chi connectivity index (χ1v) is 10.5. The highest BCUT2D eigenvalue weighted by atomic mass is 35.5. The SMILES string of the molecule is CC(C)C[C@H](NC(=O)OC(C)(C)C)C(=O)N=S(N)(=O)c1sccc1Cl. The summed E-state index contributed by atoms with van der Waals surface area (Å²) >= 11 is 6.97. The van der Waals surface area contributed by atoms with E-state index in [9.17, 15) is 13.8 Å². The van der Waals surface area contributed by atoms with Crippen LogP contribution in [0, 0.1) is 5.92 Å². The Morgan fingerprint density at radius 3 is 2.48 bits per heavy atom. The van der Waals surface area contributed by atoms with E-state index in [2.05, 4.69) is 9.68 Å². The highest BCUT2D eigenvalue weighted by Gasteiger charge is 2.27. The van der Waals surface area contributed by atoms with E-state index in [0.29, 0.717) is 6.42 Å². The Balaban J connectivity index is 3.05. The van der Waals surface area contributed by atoms with Gasteiger partial charge in [-0.2, -0.15) is 0 Å². The van der Waals surface area contributed by atoms with Crippen molar-refractivity contribution in [1.82, 2.24) is 5.32 Å². The molecule has 0 bridgehead atoms. The van der Waals surface area contributed by atoms with Crippen LogP contribution < -0.4 is 10.5 Å². The van der Waals surface area contributed by atoms with E-state index >= 15 is 0 Å². The number of thiophene rings is 1. The molecule has 0 radical (unpaired) electrons. The average Bonchev–Trinajstić information content (AvgIpc) is 2.81. The Kier molecular flexibility index (Phi) is 7.42. The van der Waals surface area contributed by atoms with Gasteiger partial charge in [0.1, 0.15) is 15.9 Å². The number of carbonyl (C=O) groups is 2. The Hall–Kier alpha value is -1.16. The smallest absolute Gasteiger partial charge is 0.408 e. The van der Waals surface area contributed by atoms with Crippen LogP contribution in [-0.2, 0) is 19.4 Å². The number of nitrogens with two attached hydrogens (primary N) is 1. The second-order valence-electron chi connectivity index (χ2n) is 6.88. The van der Waals surface area contributed by atoms with Crippen LogP contribution in [0.5, 0.6) is 0 Å². The second kappa shape index (κ2) is 8.48. The summed E-state index contributed by atoms with van der Waals surface area (Å²) in [4.78, 5) is 24.4. The van der Waals surface area contributed by atoms with Gasteiger partial charge in [-0.05, 0) is 44.6 Å². The molecular formula is C15H24ClN3O4S2. The Bertz CT molecular complexity index is 746. The van der Waals surface area contributed by atoms with Crippen molar-refractivity contribution in [2.45, 2.75) is 56.9 Å². The number of hydrogen-bond donors (Lipinski definition) is 2. The van der Waals surface area contributed by atoms with Crippen molar-refractivity contribution in [3.05, 3.63) is 16.5 Å². The van der Waals surface area contributed by atoms with Gasteiger partial charge in [-0.25, -0.2) is 14.1 Å². The molecule has 0 saturated carbocycles. The minimum atomic E-state index is -3.48. The second-order valence-corrected chi connectivity index (χ2v) is 10.2. The molecule has 1 aromatic rings. The number of hydrogen-bond acceptors (Lipinski definition) is 5. The molecule has 1 aromatic heterocycles. The summed E-state index contributed by atoms with van der Waals surface area (Å²) in [7, 11) is -3.48. The molecule has 1 rings (SSSR count). The maximum atomic E-state index is 12.6. The van der Waals surface area contributed by atoms with Crippen LogP contribution in [-0.4, -0.2) is 27.9 Å². The molecule has 0 aliphatic carbocycles. The molecule has 0 fully saturated rings. The van der Waals surface area contributed by atoms with Crippen molar-refractivity contribution in [2.24, 2.45) is 15.4 Å². The summed E-state index contributed by atoms with van der Waals surface area (Å²) in [5.41, 5.74) is -0.710. The molecule has 10 heteroatoms. The van der Waals surface area contributed by atoms with Gasteiger partial charge in [-0.3, -0.25) is 4.79 Å². The average molecular weight is 410 g/mol. The maximum absolute atomic E-state index is 12.6. The van der Waals surface area contributed by atoms with Gasteiger partial charge in [0.15, 0.2) is 9.92 Å². The monoisotopic (exact) mass is 409 g/mol. The topological polar surface area (TPSA) is 111 Å². The van der Waals surface area contributed by atoms with Gasteiger partial charge in [0.2, 0.25) is 0 Å². The highest BCUT2D eigenvalue weighted by molar-refractivity contribution is 7.93. The van der Waals surface area contributed by atoms with Crippen molar-refractivity contribution in [1.29, 1.82) is 0 Å². The van der Waals surface area contributed by atoms with Crippen molar-refractivity contribution in [3.8, 4) is 0 Å². The summed E-state index contributed by atoms with van der Waals surface area (Å²) in [6, 6.07) is 0.538. The van der Waals surface area contributed by atoms with Crippen LogP contribution in [0.15, 0.2) is 20.0 Å². The molecule has 2 atom stereocenters. The zero-order chi connectivity index (χ0) is 19.4. The molecule has 2 amide bonds.